The molecule has 0 bridgehead atoms. The van der Waals surface area contributed by atoms with Crippen LogP contribution in [0.3, 0.4) is 0 Å². The van der Waals surface area contributed by atoms with E-state index in [2.05, 4.69) is 20.9 Å². The molecule has 4 aromatic rings. The summed E-state index contributed by atoms with van der Waals surface area (Å²) in [7, 11) is 13.6. The van der Waals surface area contributed by atoms with Crippen molar-refractivity contribution in [2.45, 2.75) is 167 Å². The second kappa shape index (κ2) is 58.7. The van der Waals surface area contributed by atoms with Gasteiger partial charge in [-0.05, 0) is 74.3 Å². The Hall–Kier alpha value is -7.11. The van der Waals surface area contributed by atoms with Crippen LogP contribution in [0.4, 0.5) is 10.5 Å². The monoisotopic (exact) mass is 1640 g/mol. The molecule has 8 unspecified atom stereocenters. The van der Waals surface area contributed by atoms with E-state index >= 15 is 0 Å². The van der Waals surface area contributed by atoms with E-state index in [9.17, 15) is 43.5 Å². The van der Waals surface area contributed by atoms with Gasteiger partial charge in [-0.15, -0.1) is 11.6 Å². The molecule has 1 aliphatic heterocycles. The third kappa shape index (κ3) is 37.2. The van der Waals surface area contributed by atoms with Gasteiger partial charge in [-0.25, -0.2) is 4.79 Å². The molecule has 0 radical (unpaired) electrons. The van der Waals surface area contributed by atoms with Crippen molar-refractivity contribution in [3.8, 4) is 23.0 Å². The predicted octanol–water partition coefficient (Wildman–Crippen LogP) is 6.88. The SMILES string of the molecule is CCC(CO)OC(CO)OC.CCC(CO)OC(COC(=O)CCCC(=O)NCCNC(=O)Oc1cc2c(c3ccccc13)[C@H](CCl)CN2C(=O)c1cc2cc(OC)c(OC)c(OC)c2[nH]1)OC.CCC(CO)OC(COC(=O)CCCC(=O)NCCSSC)OC.CCC(CO)OC(COC(=O)CCCC(=O)O)OC. The fourth-order valence-electron chi connectivity index (χ4n) is 10.3. The maximum Gasteiger partial charge on any atom is 0.412 e. The van der Waals surface area contributed by atoms with Crippen LogP contribution in [0.1, 0.15) is 133 Å². The van der Waals surface area contributed by atoms with Crippen molar-refractivity contribution in [2.75, 3.05) is 152 Å². The molecule has 10 N–H and O–H groups in total. The summed E-state index contributed by atoms with van der Waals surface area (Å²) >= 11 is 6.48. The molecule has 1 aromatic heterocycles. The Morgan fingerprint density at radius 1 is 0.550 bits per heavy atom. The number of benzene rings is 3. The van der Waals surface area contributed by atoms with Gasteiger partial charge in [-0.3, -0.25) is 33.6 Å². The van der Waals surface area contributed by atoms with Gasteiger partial charge in [0.15, 0.2) is 36.7 Å². The fourth-order valence-corrected chi connectivity index (χ4v) is 11.6. The standard InChI is InChI=1S/C40H49ClN4O12.C15H29NO6S2.C12H22O7.C7H16O4/c1-6-25(21-46)56-34(52-3)22-55-33(48)13-9-12-32(47)42-14-15-43-40(50)57-30-18-29-35(27-11-8-7-10-26(27)30)24(19-41)20-45(29)39(49)28-16-23-17-31(51-2)37(53-4)38(54-5)36(23)44-28;1-4-12(10-17)22-15(20-2)11-21-14(19)7-5-6-13(18)16-8-9-24-23-3;1-3-9(7-13)19-12(17-2)8-18-11(16)6-4-5-10(14)15;1-3-6(4-8)11-7(5-9)10-2/h7-8,10-11,16-18,24-25,34,44,46H,6,9,12-15,19-22H2,1-5H3,(H,42,47)(H,43,50);12,15,17H,4-11H2,1-3H3,(H,16,18);9,12-13H,3-8H2,1-2H3,(H,14,15);6-9H,3-5H2,1-2H3/t24-,25?,34?;;;/m1.../s1. The van der Waals surface area contributed by atoms with Gasteiger partial charge < -0.3 is 128 Å². The summed E-state index contributed by atoms with van der Waals surface area (Å²) in [4.78, 5) is 101. The smallest absolute Gasteiger partial charge is 0.412 e. The molecule has 111 heavy (non-hydrogen) atoms. The van der Waals surface area contributed by atoms with Crippen molar-refractivity contribution in [1.82, 2.24) is 20.9 Å². The summed E-state index contributed by atoms with van der Waals surface area (Å²) in [5, 5.41) is 63.4. The highest BCUT2D eigenvalue weighted by Gasteiger charge is 2.37. The second-order valence-corrected chi connectivity index (χ2v) is 27.2. The fraction of sp³-hybridized carbons (Fsp3) is 0.649. The average molecular weight is 1640 g/mol. The van der Waals surface area contributed by atoms with Gasteiger partial charge in [0.1, 0.15) is 31.3 Å². The molecule has 2 heterocycles. The molecule has 37 heteroatoms. The number of alkyl halides is 1. The number of amides is 4. The number of fused-ring (bicyclic) bond motifs is 4. The van der Waals surface area contributed by atoms with E-state index in [1.807, 2.05) is 58.2 Å². The molecular weight excluding hydrogens is 1520 g/mol. The first-order chi connectivity index (χ1) is 53.5. The molecule has 0 fully saturated rings. The Morgan fingerprint density at radius 3 is 1.41 bits per heavy atom. The number of carbonyl (C=O) groups is 8. The summed E-state index contributed by atoms with van der Waals surface area (Å²) in [6, 6.07) is 12.6. The molecule has 0 spiro atoms. The Kier molecular flexibility index (Phi) is 52.9. The summed E-state index contributed by atoms with van der Waals surface area (Å²) in [6.45, 7) is 7.66. The molecule has 0 aliphatic carbocycles. The zero-order valence-corrected chi connectivity index (χ0v) is 67.9. The summed E-state index contributed by atoms with van der Waals surface area (Å²) in [6.07, 6.45) is 0.946. The number of carboxylic acids is 1. The van der Waals surface area contributed by atoms with Crippen LogP contribution in [-0.4, -0.2) is 280 Å². The number of aliphatic hydroxyl groups excluding tert-OH is 5. The predicted molar refractivity (Wildman–Crippen MR) is 414 cm³/mol. The minimum atomic E-state index is -0.945. The summed E-state index contributed by atoms with van der Waals surface area (Å²) in [5.41, 5.74) is 2.28. The number of nitrogens with zero attached hydrogens (tertiary/aromatic N) is 1. The quantitative estimate of drug-likeness (QED) is 0.00537. The van der Waals surface area contributed by atoms with E-state index in [0.717, 1.165) is 16.7 Å². The van der Waals surface area contributed by atoms with Crippen molar-refractivity contribution in [3.63, 3.8) is 0 Å². The number of hydrogen-bond acceptors (Lipinski definition) is 30. The maximum absolute atomic E-state index is 14.2. The number of H-pyrrole nitrogens is 1. The Morgan fingerprint density at radius 2 is 1.00 bits per heavy atom. The number of ether oxygens (including phenoxy) is 15. The maximum atomic E-state index is 14.2. The first kappa shape index (κ1) is 100.0. The van der Waals surface area contributed by atoms with Gasteiger partial charge in [-0.1, -0.05) is 73.5 Å². The van der Waals surface area contributed by atoms with Crippen LogP contribution in [0.5, 0.6) is 23.0 Å². The van der Waals surface area contributed by atoms with E-state index < -0.39 is 61.2 Å². The number of aromatic nitrogens is 1. The summed E-state index contributed by atoms with van der Waals surface area (Å²) < 4.78 is 78.9. The highest BCUT2D eigenvalue weighted by atomic mass is 35.5. The van der Waals surface area contributed by atoms with Crippen LogP contribution < -0.4 is 39.8 Å². The molecule has 4 amide bonds. The van der Waals surface area contributed by atoms with Gasteiger partial charge in [0.05, 0.1) is 90.0 Å². The topological polar surface area (TPSA) is 452 Å². The largest absolute Gasteiger partial charge is 0.493 e. The number of halogens is 1. The third-order valence-electron chi connectivity index (χ3n) is 16.5. The summed E-state index contributed by atoms with van der Waals surface area (Å²) in [5.74, 6) is -0.669. The highest BCUT2D eigenvalue weighted by Crippen LogP contribution is 2.47. The number of aliphatic hydroxyl groups is 5. The number of aromatic amines is 1. The van der Waals surface area contributed by atoms with Crippen LogP contribution in [0, 0.1) is 0 Å². The van der Waals surface area contributed by atoms with Gasteiger partial charge in [0.25, 0.3) is 5.91 Å². The molecule has 630 valence electrons. The van der Waals surface area contributed by atoms with E-state index in [1.54, 1.807) is 44.7 Å². The lowest BCUT2D eigenvalue weighted by atomic mass is 9.95. The van der Waals surface area contributed by atoms with Gasteiger partial charge >= 0.3 is 30.0 Å². The highest BCUT2D eigenvalue weighted by molar-refractivity contribution is 8.76. The van der Waals surface area contributed by atoms with Crippen LogP contribution in [0.2, 0.25) is 0 Å². The van der Waals surface area contributed by atoms with E-state index in [1.165, 1.54) is 49.8 Å². The van der Waals surface area contributed by atoms with Gasteiger partial charge in [0, 0.05) is 128 Å². The minimum Gasteiger partial charge on any atom is -0.493 e. The molecule has 34 nitrogen and oxygen atoms in total. The number of aliphatic carboxylic acids is 1. The Labute approximate surface area is 661 Å². The normalized spacial score (nSPS) is 14.3. The molecule has 1 aliphatic rings. The van der Waals surface area contributed by atoms with Crippen LogP contribution in [-0.2, 0) is 80.9 Å². The number of anilines is 1. The Balaban J connectivity index is 0.000000631. The number of methoxy groups -OCH3 is 7. The van der Waals surface area contributed by atoms with Gasteiger partial charge in [-0.2, -0.15) is 0 Å². The first-order valence-electron chi connectivity index (χ1n) is 36.3. The van der Waals surface area contributed by atoms with Crippen molar-refractivity contribution in [1.29, 1.82) is 0 Å². The van der Waals surface area contributed by atoms with E-state index in [0.29, 0.717) is 96.5 Å². The third-order valence-corrected chi connectivity index (χ3v) is 18.6. The number of nitrogens with one attached hydrogen (secondary N) is 4. The van der Waals surface area contributed by atoms with Crippen molar-refractivity contribution in [2.24, 2.45) is 0 Å². The zero-order chi connectivity index (χ0) is 82.6. The van der Waals surface area contributed by atoms with Crippen LogP contribution >= 0.6 is 33.2 Å². The number of esters is 3. The van der Waals surface area contributed by atoms with Crippen molar-refractivity contribution >= 4 is 108 Å². The average Bonchev–Trinajstić information content (AvgIpc) is 1.60. The van der Waals surface area contributed by atoms with E-state index in [-0.39, 0.29) is 164 Å². The molecule has 0 saturated heterocycles. The lowest BCUT2D eigenvalue weighted by Crippen LogP contribution is -2.36. The molecule has 3 aromatic carbocycles. The van der Waals surface area contributed by atoms with Crippen LogP contribution in [0.15, 0.2) is 42.5 Å². The number of carboxylic acid groups (broad SMARTS) is 1. The van der Waals surface area contributed by atoms with Crippen molar-refractivity contribution < 1.29 is 140 Å². The number of rotatable bonds is 52. The number of carbonyl (C=O) groups excluding carboxylic acids is 7. The minimum absolute atomic E-state index is 0.00992. The van der Waals surface area contributed by atoms with Crippen LogP contribution in [0.25, 0.3) is 21.7 Å². The number of hydrogen-bond donors (Lipinski definition) is 10. The van der Waals surface area contributed by atoms with Gasteiger partial charge in [0.2, 0.25) is 17.6 Å². The van der Waals surface area contributed by atoms with Crippen molar-refractivity contribution in [3.05, 3.63) is 53.7 Å². The first-order valence-corrected chi connectivity index (χ1v) is 39.6. The molecule has 9 atom stereocenters. The van der Waals surface area contributed by atoms with E-state index in [4.69, 9.17) is 108 Å². The molecule has 0 saturated carbocycles. The molecular formula is C74H116ClN5O29S2. The molecule has 5 rings (SSSR count). The lowest BCUT2D eigenvalue weighted by Gasteiger charge is -2.21. The lowest BCUT2D eigenvalue weighted by molar-refractivity contribution is -0.194. The Bertz CT molecular complexity index is 3330. The second-order valence-electron chi connectivity index (χ2n) is 24.2. The zero-order valence-electron chi connectivity index (χ0n) is 65.5.